The number of furan rings is 1. The van der Waals surface area contributed by atoms with Crippen molar-refractivity contribution in [1.82, 2.24) is 0 Å². The molecule has 0 bridgehead atoms. The van der Waals surface area contributed by atoms with Crippen LogP contribution in [0.1, 0.15) is 28.8 Å². The van der Waals surface area contributed by atoms with E-state index >= 15 is 0 Å². The van der Waals surface area contributed by atoms with Gasteiger partial charge in [-0.2, -0.15) is 0 Å². The summed E-state index contributed by atoms with van der Waals surface area (Å²) in [5.74, 6) is 1.05. The standard InChI is InChI=1S/C13H10ClIO2/c1-2-9-4-6-12(17-9)13(16)10-7-8(14)3-5-11(10)15/h3-7H,2H2,1H3. The summed E-state index contributed by atoms with van der Waals surface area (Å²) >= 11 is 8.01. The molecule has 0 fully saturated rings. The topological polar surface area (TPSA) is 30.2 Å². The quantitative estimate of drug-likeness (QED) is 0.602. The van der Waals surface area contributed by atoms with Gasteiger partial charge in [0.2, 0.25) is 5.78 Å². The van der Waals surface area contributed by atoms with Crippen molar-refractivity contribution >= 4 is 40.0 Å². The summed E-state index contributed by atoms with van der Waals surface area (Å²) in [6, 6.07) is 8.78. The van der Waals surface area contributed by atoms with Crippen LogP contribution in [-0.2, 0) is 6.42 Å². The predicted molar refractivity (Wildman–Crippen MR) is 75.7 cm³/mol. The van der Waals surface area contributed by atoms with Gasteiger partial charge in [-0.15, -0.1) is 0 Å². The molecule has 88 valence electrons. The lowest BCUT2D eigenvalue weighted by atomic mass is 10.1. The lowest BCUT2D eigenvalue weighted by Gasteiger charge is -2.02. The second-order valence-corrected chi connectivity index (χ2v) is 5.17. The second-order valence-electron chi connectivity index (χ2n) is 3.57. The monoisotopic (exact) mass is 360 g/mol. The highest BCUT2D eigenvalue weighted by atomic mass is 127. The average Bonchev–Trinajstić information content (AvgIpc) is 2.80. The molecule has 4 heteroatoms. The zero-order chi connectivity index (χ0) is 12.4. The van der Waals surface area contributed by atoms with Crippen molar-refractivity contribution in [2.45, 2.75) is 13.3 Å². The first kappa shape index (κ1) is 12.6. The van der Waals surface area contributed by atoms with E-state index in [1.165, 1.54) is 0 Å². The van der Waals surface area contributed by atoms with Crippen LogP contribution in [0.2, 0.25) is 5.02 Å². The van der Waals surface area contributed by atoms with Crippen molar-refractivity contribution in [2.24, 2.45) is 0 Å². The van der Waals surface area contributed by atoms with Gasteiger partial charge in [-0.1, -0.05) is 18.5 Å². The molecule has 0 spiro atoms. The van der Waals surface area contributed by atoms with E-state index in [-0.39, 0.29) is 5.78 Å². The minimum Gasteiger partial charge on any atom is -0.458 e. The Bertz CT molecular complexity index is 560. The van der Waals surface area contributed by atoms with E-state index < -0.39 is 0 Å². The Morgan fingerprint density at radius 3 is 2.76 bits per heavy atom. The Kier molecular flexibility index (Phi) is 3.89. The van der Waals surface area contributed by atoms with Crippen molar-refractivity contribution in [2.75, 3.05) is 0 Å². The molecule has 1 aromatic heterocycles. The van der Waals surface area contributed by atoms with E-state index in [1.807, 2.05) is 19.1 Å². The van der Waals surface area contributed by atoms with Crippen LogP contribution in [-0.4, -0.2) is 5.78 Å². The molecule has 0 aliphatic heterocycles. The summed E-state index contributed by atoms with van der Waals surface area (Å²) in [6.07, 6.45) is 0.778. The van der Waals surface area contributed by atoms with E-state index in [4.69, 9.17) is 16.0 Å². The molecular weight excluding hydrogens is 350 g/mol. The molecule has 2 aromatic rings. The summed E-state index contributed by atoms with van der Waals surface area (Å²) < 4.78 is 6.31. The lowest BCUT2D eigenvalue weighted by Crippen LogP contribution is -2.02. The largest absolute Gasteiger partial charge is 0.458 e. The molecule has 0 radical (unpaired) electrons. The third-order valence-electron chi connectivity index (χ3n) is 2.41. The van der Waals surface area contributed by atoms with Crippen molar-refractivity contribution in [3.8, 4) is 0 Å². The fraction of sp³-hybridized carbons (Fsp3) is 0.154. The molecule has 0 atom stereocenters. The molecule has 0 saturated carbocycles. The van der Waals surface area contributed by atoms with Gasteiger partial charge >= 0.3 is 0 Å². The van der Waals surface area contributed by atoms with Gasteiger partial charge in [0, 0.05) is 20.6 Å². The first-order valence-electron chi connectivity index (χ1n) is 5.20. The number of ketones is 1. The van der Waals surface area contributed by atoms with Crippen LogP contribution in [0.15, 0.2) is 34.7 Å². The number of halogens is 2. The Hall–Kier alpha value is -0.810. The minimum absolute atomic E-state index is 0.128. The maximum absolute atomic E-state index is 12.2. The van der Waals surface area contributed by atoms with Gasteiger partial charge in [0.25, 0.3) is 0 Å². The first-order chi connectivity index (χ1) is 8.11. The van der Waals surface area contributed by atoms with Crippen LogP contribution in [0, 0.1) is 3.57 Å². The molecule has 0 saturated heterocycles. The van der Waals surface area contributed by atoms with Crippen LogP contribution < -0.4 is 0 Å². The highest BCUT2D eigenvalue weighted by Crippen LogP contribution is 2.22. The number of rotatable bonds is 3. The van der Waals surface area contributed by atoms with E-state index in [0.29, 0.717) is 16.3 Å². The Labute approximate surface area is 118 Å². The number of carbonyl (C=O) groups is 1. The minimum atomic E-state index is -0.128. The van der Waals surface area contributed by atoms with E-state index in [2.05, 4.69) is 22.6 Å². The summed E-state index contributed by atoms with van der Waals surface area (Å²) in [7, 11) is 0. The zero-order valence-corrected chi connectivity index (χ0v) is 12.1. The van der Waals surface area contributed by atoms with E-state index in [0.717, 1.165) is 15.8 Å². The van der Waals surface area contributed by atoms with E-state index in [9.17, 15) is 4.79 Å². The molecule has 1 heterocycles. The van der Waals surface area contributed by atoms with Gasteiger partial charge in [0.15, 0.2) is 5.76 Å². The fourth-order valence-corrected chi connectivity index (χ4v) is 2.25. The SMILES string of the molecule is CCc1ccc(C(=O)c2cc(Cl)ccc2I)o1. The van der Waals surface area contributed by atoms with Gasteiger partial charge in [-0.05, 0) is 52.9 Å². The number of aryl methyl sites for hydroxylation is 1. The Morgan fingerprint density at radius 2 is 2.12 bits per heavy atom. The van der Waals surface area contributed by atoms with Crippen LogP contribution in [0.25, 0.3) is 0 Å². The van der Waals surface area contributed by atoms with Gasteiger partial charge in [0.05, 0.1) is 0 Å². The normalized spacial score (nSPS) is 10.5. The highest BCUT2D eigenvalue weighted by molar-refractivity contribution is 14.1. The molecule has 0 aliphatic carbocycles. The maximum Gasteiger partial charge on any atom is 0.229 e. The molecule has 0 N–H and O–H groups in total. The van der Waals surface area contributed by atoms with Crippen molar-refractivity contribution < 1.29 is 9.21 Å². The predicted octanol–water partition coefficient (Wildman–Crippen LogP) is 4.33. The van der Waals surface area contributed by atoms with Gasteiger partial charge in [0.1, 0.15) is 5.76 Å². The Balaban J connectivity index is 2.39. The molecular formula is C13H10ClIO2. The van der Waals surface area contributed by atoms with Crippen molar-refractivity contribution in [3.05, 3.63) is 56.0 Å². The van der Waals surface area contributed by atoms with Gasteiger partial charge < -0.3 is 4.42 Å². The molecule has 17 heavy (non-hydrogen) atoms. The average molecular weight is 361 g/mol. The zero-order valence-electron chi connectivity index (χ0n) is 9.17. The van der Waals surface area contributed by atoms with Crippen molar-refractivity contribution in [3.63, 3.8) is 0 Å². The number of carbonyl (C=O) groups excluding carboxylic acids is 1. The summed E-state index contributed by atoms with van der Waals surface area (Å²) in [5, 5.41) is 0.552. The van der Waals surface area contributed by atoms with Crippen molar-refractivity contribution in [1.29, 1.82) is 0 Å². The smallest absolute Gasteiger partial charge is 0.229 e. The van der Waals surface area contributed by atoms with Gasteiger partial charge in [-0.25, -0.2) is 0 Å². The van der Waals surface area contributed by atoms with Crippen LogP contribution >= 0.6 is 34.2 Å². The summed E-state index contributed by atoms with van der Waals surface area (Å²) in [5.41, 5.74) is 0.579. The second kappa shape index (κ2) is 5.23. The third-order valence-corrected chi connectivity index (χ3v) is 3.58. The van der Waals surface area contributed by atoms with Crippen LogP contribution in [0.4, 0.5) is 0 Å². The number of hydrogen-bond acceptors (Lipinski definition) is 2. The molecule has 2 rings (SSSR count). The summed E-state index contributed by atoms with van der Waals surface area (Å²) in [4.78, 5) is 12.2. The Morgan fingerprint density at radius 1 is 1.35 bits per heavy atom. The molecule has 0 amide bonds. The number of hydrogen-bond donors (Lipinski definition) is 0. The van der Waals surface area contributed by atoms with Crippen LogP contribution in [0.3, 0.4) is 0 Å². The number of benzene rings is 1. The van der Waals surface area contributed by atoms with Gasteiger partial charge in [-0.3, -0.25) is 4.79 Å². The molecule has 1 aromatic carbocycles. The maximum atomic E-state index is 12.2. The highest BCUT2D eigenvalue weighted by Gasteiger charge is 2.16. The lowest BCUT2D eigenvalue weighted by molar-refractivity contribution is 0.101. The first-order valence-corrected chi connectivity index (χ1v) is 6.66. The summed E-state index contributed by atoms with van der Waals surface area (Å²) in [6.45, 7) is 1.98. The third kappa shape index (κ3) is 2.72. The fourth-order valence-electron chi connectivity index (χ4n) is 1.49. The van der Waals surface area contributed by atoms with Crippen LogP contribution in [0.5, 0.6) is 0 Å². The van der Waals surface area contributed by atoms with E-state index in [1.54, 1.807) is 18.2 Å². The molecule has 0 aliphatic rings. The molecule has 2 nitrogen and oxygen atoms in total. The molecule has 0 unspecified atom stereocenters.